The van der Waals surface area contributed by atoms with Crippen LogP contribution in [0.25, 0.3) is 22.3 Å². The predicted molar refractivity (Wildman–Crippen MR) is 126 cm³/mol. The molecule has 9 nitrogen and oxygen atoms in total. The number of hydrogen-bond donors (Lipinski definition) is 3. The molecule has 2 atom stereocenters. The van der Waals surface area contributed by atoms with Crippen molar-refractivity contribution in [3.05, 3.63) is 61.7 Å². The van der Waals surface area contributed by atoms with Gasteiger partial charge in [-0.1, -0.05) is 6.92 Å². The largest absolute Gasteiger partial charge is 0.458 e. The van der Waals surface area contributed by atoms with Crippen molar-refractivity contribution in [2.75, 3.05) is 6.56 Å². The number of aliphatic hydroxyl groups is 2. The second kappa shape index (κ2) is 7.68. The zero-order valence-corrected chi connectivity index (χ0v) is 19.6. The molecule has 0 fully saturated rings. The number of hydrogen-bond acceptors (Lipinski definition) is 7. The van der Waals surface area contributed by atoms with E-state index in [2.05, 4.69) is 5.32 Å². The molecule has 1 aromatic carbocycles. The molecule has 0 radical (unpaired) electrons. The van der Waals surface area contributed by atoms with Gasteiger partial charge in [-0.3, -0.25) is 9.59 Å². The number of aromatic nitrogens is 2. The number of carbonyl (C=O) groups is 2. The molecule has 0 bridgehead atoms. The maximum Gasteiger partial charge on any atom is 0.343 e. The fourth-order valence-electron chi connectivity index (χ4n) is 5.89. The van der Waals surface area contributed by atoms with E-state index < -0.39 is 41.5 Å². The number of amides is 1. The summed E-state index contributed by atoms with van der Waals surface area (Å²) in [6, 6.07) is 2.09. The summed E-state index contributed by atoms with van der Waals surface area (Å²) in [5.41, 5.74) is 1.12. The van der Waals surface area contributed by atoms with Crippen molar-refractivity contribution in [1.29, 1.82) is 0 Å². The number of ether oxygens (including phenoxy) is 1. The average molecular weight is 496 g/mol. The molecule has 2 aromatic heterocycles. The Morgan fingerprint density at radius 1 is 1.36 bits per heavy atom. The summed E-state index contributed by atoms with van der Waals surface area (Å²) in [6.45, 7) is -0.0772. The van der Waals surface area contributed by atoms with Crippen molar-refractivity contribution in [3.8, 4) is 11.4 Å². The van der Waals surface area contributed by atoms with Gasteiger partial charge in [0.25, 0.3) is 5.56 Å². The van der Waals surface area contributed by atoms with E-state index >= 15 is 0 Å². The highest BCUT2D eigenvalue weighted by molar-refractivity contribution is 5.94. The van der Waals surface area contributed by atoms with Crippen LogP contribution in [0.4, 0.5) is 4.39 Å². The Kier molecular flexibility index (Phi) is 4.39. The molecule has 0 saturated heterocycles. The van der Waals surface area contributed by atoms with E-state index in [1.54, 1.807) is 19.9 Å². The summed E-state index contributed by atoms with van der Waals surface area (Å²) in [6.07, 6.45) is 0.678. The molecule has 10 heteroatoms. The third-order valence-electron chi connectivity index (χ3n) is 7.78. The van der Waals surface area contributed by atoms with Gasteiger partial charge < -0.3 is 24.8 Å². The number of aryl methyl sites for hydroxylation is 1. The van der Waals surface area contributed by atoms with Crippen molar-refractivity contribution < 1.29 is 31.7 Å². The first-order valence-corrected chi connectivity index (χ1v) is 11.7. The van der Waals surface area contributed by atoms with Gasteiger partial charge in [-0.2, -0.15) is 0 Å². The van der Waals surface area contributed by atoms with E-state index in [-0.39, 0.29) is 30.7 Å². The smallest absolute Gasteiger partial charge is 0.343 e. The minimum absolute atomic E-state index is 0.0178. The SMILES string of the molecule is [2H]C([2H])(O)C(=O)N[C@H]1CCc2c(C)c(F)cc3nc4c(c1c23)Cn1c-4cc2c(c1=O)COC(=O)[C@]2(O)CC. The lowest BCUT2D eigenvalue weighted by Gasteiger charge is -2.31. The Hall–Kier alpha value is -3.63. The molecule has 4 heterocycles. The lowest BCUT2D eigenvalue weighted by atomic mass is 9.81. The Morgan fingerprint density at radius 2 is 2.14 bits per heavy atom. The van der Waals surface area contributed by atoms with Gasteiger partial charge in [0.1, 0.15) is 19.0 Å². The number of fused-ring (bicyclic) bond motifs is 5. The number of nitrogens with one attached hydrogen (secondary N) is 1. The van der Waals surface area contributed by atoms with Crippen LogP contribution < -0.4 is 10.9 Å². The molecule has 0 spiro atoms. The van der Waals surface area contributed by atoms with E-state index in [4.69, 9.17) is 12.5 Å². The Labute approximate surface area is 207 Å². The van der Waals surface area contributed by atoms with E-state index in [1.807, 2.05) is 0 Å². The second-order valence-corrected chi connectivity index (χ2v) is 9.49. The fraction of sp³-hybridized carbons (Fsp3) is 0.385. The van der Waals surface area contributed by atoms with Crippen molar-refractivity contribution in [3.63, 3.8) is 0 Å². The summed E-state index contributed by atoms with van der Waals surface area (Å²) in [7, 11) is 0. The van der Waals surface area contributed by atoms with Crippen LogP contribution in [0.5, 0.6) is 0 Å². The maximum absolute atomic E-state index is 14.9. The van der Waals surface area contributed by atoms with Crippen LogP contribution >= 0.6 is 0 Å². The highest BCUT2D eigenvalue weighted by atomic mass is 19.1. The van der Waals surface area contributed by atoms with Gasteiger partial charge in [0.15, 0.2) is 5.60 Å². The van der Waals surface area contributed by atoms with Crippen LogP contribution in [0, 0.1) is 12.7 Å². The zero-order chi connectivity index (χ0) is 27.3. The van der Waals surface area contributed by atoms with Crippen molar-refractivity contribution in [1.82, 2.24) is 14.9 Å². The van der Waals surface area contributed by atoms with E-state index in [0.29, 0.717) is 57.4 Å². The van der Waals surface area contributed by atoms with Crippen molar-refractivity contribution in [2.24, 2.45) is 0 Å². The van der Waals surface area contributed by atoms with Crippen molar-refractivity contribution >= 4 is 22.8 Å². The first kappa shape index (κ1) is 20.6. The first-order valence-electron chi connectivity index (χ1n) is 12.7. The van der Waals surface area contributed by atoms with Gasteiger partial charge >= 0.3 is 5.97 Å². The van der Waals surface area contributed by atoms with E-state index in [1.165, 1.54) is 10.6 Å². The Balaban J connectivity index is 1.64. The van der Waals surface area contributed by atoms with Gasteiger partial charge in [0.2, 0.25) is 5.91 Å². The summed E-state index contributed by atoms with van der Waals surface area (Å²) < 4.78 is 36.3. The summed E-state index contributed by atoms with van der Waals surface area (Å²) in [4.78, 5) is 43.2. The third kappa shape index (κ3) is 2.88. The van der Waals surface area contributed by atoms with Gasteiger partial charge in [-0.15, -0.1) is 0 Å². The number of rotatable bonds is 3. The van der Waals surface area contributed by atoms with Crippen LogP contribution in [0.2, 0.25) is 0 Å². The second-order valence-electron chi connectivity index (χ2n) is 9.49. The maximum atomic E-state index is 14.9. The standard InChI is InChI=1S/C26H24FN3O6/c1-3-26(35)15-6-19-23-13(8-30(19)24(33)14(15)10-36-25(26)34)22-17(28-20(32)9-31)5-4-12-11(2)16(27)7-18(29-23)21(12)22/h6-7,17,31,35H,3-5,8-10H2,1-2H3,(H,28,32)/t17-,26-/m0/s1/i9D2. The minimum atomic E-state index is -3.11. The summed E-state index contributed by atoms with van der Waals surface area (Å²) in [5.74, 6) is -2.51. The number of halogens is 1. The first-order chi connectivity index (χ1) is 17.9. The number of carbonyl (C=O) groups excluding carboxylic acids is 2. The van der Waals surface area contributed by atoms with Gasteiger partial charge in [-0.25, -0.2) is 14.2 Å². The zero-order valence-electron chi connectivity index (χ0n) is 21.6. The van der Waals surface area contributed by atoms with Crippen molar-refractivity contribution in [2.45, 2.75) is 57.9 Å². The molecule has 3 aliphatic rings. The Morgan fingerprint density at radius 3 is 2.86 bits per heavy atom. The third-order valence-corrected chi connectivity index (χ3v) is 7.78. The minimum Gasteiger partial charge on any atom is -0.458 e. The molecule has 36 heavy (non-hydrogen) atoms. The number of cyclic esters (lactones) is 1. The summed E-state index contributed by atoms with van der Waals surface area (Å²) in [5, 5.41) is 23.9. The molecular weight excluding hydrogens is 469 g/mol. The van der Waals surface area contributed by atoms with Crippen LogP contribution in [-0.4, -0.2) is 38.2 Å². The van der Waals surface area contributed by atoms with Gasteiger partial charge in [0, 0.05) is 22.6 Å². The molecule has 0 unspecified atom stereocenters. The fourth-order valence-corrected chi connectivity index (χ4v) is 5.89. The van der Waals surface area contributed by atoms with Crippen LogP contribution in [0.15, 0.2) is 16.9 Å². The molecule has 1 aliphatic carbocycles. The number of benzene rings is 1. The lowest BCUT2D eigenvalue weighted by Crippen LogP contribution is -2.44. The molecule has 1 amide bonds. The van der Waals surface area contributed by atoms with Crippen LogP contribution in [0.3, 0.4) is 0 Å². The topological polar surface area (TPSA) is 131 Å². The van der Waals surface area contributed by atoms with Crippen LogP contribution in [0.1, 0.15) is 61.9 Å². The Bertz CT molecular complexity index is 1660. The van der Waals surface area contributed by atoms with E-state index in [9.17, 15) is 29.0 Å². The predicted octanol–water partition coefficient (Wildman–Crippen LogP) is 1.62. The lowest BCUT2D eigenvalue weighted by molar-refractivity contribution is -0.172. The van der Waals surface area contributed by atoms with E-state index in [0.717, 1.165) is 0 Å². The molecule has 3 aromatic rings. The number of pyridine rings is 2. The average Bonchev–Trinajstić information content (AvgIpc) is 3.23. The number of esters is 1. The quantitative estimate of drug-likeness (QED) is 0.368. The number of nitrogens with zero attached hydrogens (tertiary/aromatic N) is 2. The highest BCUT2D eigenvalue weighted by Crippen LogP contribution is 2.45. The van der Waals surface area contributed by atoms with Crippen LogP contribution in [-0.2, 0) is 39.5 Å². The van der Waals surface area contributed by atoms with Gasteiger partial charge in [0.05, 0.1) is 37.8 Å². The summed E-state index contributed by atoms with van der Waals surface area (Å²) >= 11 is 0. The van der Waals surface area contributed by atoms with Gasteiger partial charge in [-0.05, 0) is 48.9 Å². The molecule has 186 valence electrons. The molecule has 0 saturated carbocycles. The monoisotopic (exact) mass is 495 g/mol. The molecular formula is C26H24FN3O6. The highest BCUT2D eigenvalue weighted by Gasteiger charge is 2.46. The molecule has 6 rings (SSSR count). The molecule has 2 aliphatic heterocycles. The molecule has 3 N–H and O–H groups in total. The normalized spacial score (nSPS) is 22.8.